The highest BCUT2D eigenvalue weighted by atomic mass is 79.9. The Hall–Kier alpha value is -0.900. The Morgan fingerprint density at radius 2 is 2.00 bits per heavy atom. The summed E-state index contributed by atoms with van der Waals surface area (Å²) in [7, 11) is 0. The average molecular weight is 358 g/mol. The third-order valence-corrected chi connectivity index (χ3v) is 4.21. The van der Waals surface area contributed by atoms with Crippen LogP contribution in [0.25, 0.3) is 0 Å². The van der Waals surface area contributed by atoms with Gasteiger partial charge >= 0.3 is 0 Å². The summed E-state index contributed by atoms with van der Waals surface area (Å²) in [6.07, 6.45) is 0.943. The van der Waals surface area contributed by atoms with Crippen molar-refractivity contribution in [1.82, 2.24) is 0 Å². The third kappa shape index (κ3) is 3.40. The van der Waals surface area contributed by atoms with E-state index in [-0.39, 0.29) is 5.02 Å². The van der Waals surface area contributed by atoms with Gasteiger partial charge in [-0.15, -0.1) is 0 Å². The Morgan fingerprint density at radius 3 is 2.60 bits per heavy atom. The summed E-state index contributed by atoms with van der Waals surface area (Å²) in [5.41, 5.74) is 0.640. The van der Waals surface area contributed by atoms with Crippen LogP contribution in [0, 0.1) is 5.82 Å². The van der Waals surface area contributed by atoms with Crippen LogP contribution in [0.1, 0.15) is 24.5 Å². The SMILES string of the molecule is CCC(O)(Cc1ccc(F)c(Cl)c1)c1cccc(Br)c1. The number of benzene rings is 2. The molecule has 0 heterocycles. The topological polar surface area (TPSA) is 20.2 Å². The zero-order valence-corrected chi connectivity index (χ0v) is 13.4. The van der Waals surface area contributed by atoms with Gasteiger partial charge in [-0.25, -0.2) is 4.39 Å². The summed E-state index contributed by atoms with van der Waals surface area (Å²) in [6.45, 7) is 1.92. The van der Waals surface area contributed by atoms with Crippen molar-refractivity contribution in [2.75, 3.05) is 0 Å². The molecule has 1 N–H and O–H groups in total. The number of aliphatic hydroxyl groups is 1. The standard InChI is InChI=1S/C16H15BrClFO/c1-2-16(20,12-4-3-5-13(17)9-12)10-11-6-7-15(19)14(18)8-11/h3-9,20H,2,10H2,1H3. The molecule has 1 unspecified atom stereocenters. The highest BCUT2D eigenvalue weighted by Gasteiger charge is 2.27. The lowest BCUT2D eigenvalue weighted by Crippen LogP contribution is -2.27. The fraction of sp³-hybridized carbons (Fsp3) is 0.250. The van der Waals surface area contributed by atoms with E-state index >= 15 is 0 Å². The van der Waals surface area contributed by atoms with Crippen LogP contribution < -0.4 is 0 Å². The summed E-state index contributed by atoms with van der Waals surface area (Å²) in [5, 5.41) is 11.0. The minimum atomic E-state index is -0.995. The molecule has 0 aliphatic rings. The average Bonchev–Trinajstić information content (AvgIpc) is 2.43. The highest BCUT2D eigenvalue weighted by molar-refractivity contribution is 9.10. The Kier molecular flexibility index (Phi) is 4.84. The fourth-order valence-electron chi connectivity index (χ4n) is 2.20. The van der Waals surface area contributed by atoms with Crippen LogP contribution in [-0.2, 0) is 12.0 Å². The molecule has 4 heteroatoms. The van der Waals surface area contributed by atoms with Crippen LogP contribution in [0.2, 0.25) is 5.02 Å². The van der Waals surface area contributed by atoms with Crippen molar-refractivity contribution in [3.05, 3.63) is 68.9 Å². The van der Waals surface area contributed by atoms with E-state index in [0.717, 1.165) is 15.6 Å². The molecule has 2 rings (SSSR count). The summed E-state index contributed by atoms with van der Waals surface area (Å²) in [4.78, 5) is 0. The first-order chi connectivity index (χ1) is 9.44. The van der Waals surface area contributed by atoms with E-state index in [0.29, 0.717) is 12.8 Å². The zero-order chi connectivity index (χ0) is 14.8. The van der Waals surface area contributed by atoms with Gasteiger partial charge in [0, 0.05) is 10.9 Å². The first-order valence-corrected chi connectivity index (χ1v) is 7.54. The van der Waals surface area contributed by atoms with Crippen LogP contribution in [0.4, 0.5) is 4.39 Å². The molecule has 2 aromatic carbocycles. The van der Waals surface area contributed by atoms with E-state index in [1.807, 2.05) is 31.2 Å². The molecule has 0 aliphatic carbocycles. The van der Waals surface area contributed by atoms with Crippen molar-refractivity contribution in [3.8, 4) is 0 Å². The Balaban J connectivity index is 2.33. The molecule has 0 bridgehead atoms. The van der Waals surface area contributed by atoms with Crippen LogP contribution >= 0.6 is 27.5 Å². The van der Waals surface area contributed by atoms with Crippen LogP contribution in [0.5, 0.6) is 0 Å². The number of hydrogen-bond acceptors (Lipinski definition) is 1. The van der Waals surface area contributed by atoms with Gasteiger partial charge in [-0.2, -0.15) is 0 Å². The van der Waals surface area contributed by atoms with Gasteiger partial charge in [0.25, 0.3) is 0 Å². The molecule has 0 radical (unpaired) electrons. The summed E-state index contributed by atoms with van der Waals surface area (Å²) < 4.78 is 14.1. The van der Waals surface area contributed by atoms with E-state index < -0.39 is 11.4 Å². The molecule has 0 aromatic heterocycles. The molecule has 20 heavy (non-hydrogen) atoms. The van der Waals surface area contributed by atoms with Crippen molar-refractivity contribution in [1.29, 1.82) is 0 Å². The van der Waals surface area contributed by atoms with Crippen LogP contribution in [-0.4, -0.2) is 5.11 Å². The van der Waals surface area contributed by atoms with Gasteiger partial charge in [0.05, 0.1) is 10.6 Å². The van der Waals surface area contributed by atoms with Crippen LogP contribution in [0.15, 0.2) is 46.9 Å². The van der Waals surface area contributed by atoms with E-state index in [1.165, 1.54) is 6.07 Å². The molecule has 0 amide bonds. The second-order valence-electron chi connectivity index (χ2n) is 4.82. The minimum Gasteiger partial charge on any atom is -0.385 e. The first kappa shape index (κ1) is 15.5. The Labute approximate surface area is 131 Å². The largest absolute Gasteiger partial charge is 0.385 e. The number of hydrogen-bond donors (Lipinski definition) is 1. The summed E-state index contributed by atoms with van der Waals surface area (Å²) in [6, 6.07) is 12.1. The van der Waals surface area contributed by atoms with Crippen molar-refractivity contribution in [2.24, 2.45) is 0 Å². The quantitative estimate of drug-likeness (QED) is 0.809. The van der Waals surface area contributed by atoms with Gasteiger partial charge in [-0.05, 0) is 41.8 Å². The van der Waals surface area contributed by atoms with Gasteiger partial charge in [0.15, 0.2) is 0 Å². The van der Waals surface area contributed by atoms with Crippen molar-refractivity contribution < 1.29 is 9.50 Å². The monoisotopic (exact) mass is 356 g/mol. The predicted octanol–water partition coefficient (Wildman–Crippen LogP) is 5.08. The van der Waals surface area contributed by atoms with Gasteiger partial charge in [0.1, 0.15) is 5.82 Å². The highest BCUT2D eigenvalue weighted by Crippen LogP contribution is 2.31. The maximum Gasteiger partial charge on any atom is 0.141 e. The number of halogens is 3. The van der Waals surface area contributed by atoms with E-state index in [9.17, 15) is 9.50 Å². The third-order valence-electron chi connectivity index (χ3n) is 3.43. The molecule has 0 spiro atoms. The first-order valence-electron chi connectivity index (χ1n) is 6.37. The molecule has 1 nitrogen and oxygen atoms in total. The van der Waals surface area contributed by atoms with E-state index in [4.69, 9.17) is 11.6 Å². The Morgan fingerprint density at radius 1 is 1.25 bits per heavy atom. The van der Waals surface area contributed by atoms with E-state index in [2.05, 4.69) is 15.9 Å². The molecule has 1 atom stereocenters. The zero-order valence-electron chi connectivity index (χ0n) is 11.0. The van der Waals surface area contributed by atoms with Gasteiger partial charge in [0.2, 0.25) is 0 Å². The van der Waals surface area contributed by atoms with Gasteiger partial charge in [-0.3, -0.25) is 0 Å². The normalized spacial score (nSPS) is 14.1. The molecular weight excluding hydrogens is 343 g/mol. The molecule has 0 aliphatic heterocycles. The summed E-state index contributed by atoms with van der Waals surface area (Å²) >= 11 is 9.20. The maximum atomic E-state index is 13.2. The lowest BCUT2D eigenvalue weighted by atomic mass is 9.85. The lowest BCUT2D eigenvalue weighted by molar-refractivity contribution is 0.0326. The second kappa shape index (κ2) is 6.25. The van der Waals surface area contributed by atoms with E-state index in [1.54, 1.807) is 12.1 Å². The lowest BCUT2D eigenvalue weighted by Gasteiger charge is -2.28. The van der Waals surface area contributed by atoms with Crippen LogP contribution in [0.3, 0.4) is 0 Å². The molecule has 0 fully saturated rings. The molecule has 2 aromatic rings. The van der Waals surface area contributed by atoms with Gasteiger partial charge in [-0.1, -0.05) is 52.7 Å². The maximum absolute atomic E-state index is 13.2. The number of rotatable bonds is 4. The minimum absolute atomic E-state index is 0.0789. The second-order valence-corrected chi connectivity index (χ2v) is 6.14. The predicted molar refractivity (Wildman–Crippen MR) is 83.4 cm³/mol. The van der Waals surface area contributed by atoms with Gasteiger partial charge < -0.3 is 5.11 Å². The molecule has 0 saturated heterocycles. The molecule has 0 saturated carbocycles. The van der Waals surface area contributed by atoms with Crippen molar-refractivity contribution in [2.45, 2.75) is 25.4 Å². The smallest absolute Gasteiger partial charge is 0.141 e. The molecule has 106 valence electrons. The van der Waals surface area contributed by atoms with Crippen molar-refractivity contribution in [3.63, 3.8) is 0 Å². The fourth-order valence-corrected chi connectivity index (χ4v) is 2.80. The molecular formula is C16H15BrClFO. The summed E-state index contributed by atoms with van der Waals surface area (Å²) in [5.74, 6) is -0.446. The Bertz CT molecular complexity index is 617. The van der Waals surface area contributed by atoms with Crippen molar-refractivity contribution >= 4 is 27.5 Å².